The summed E-state index contributed by atoms with van der Waals surface area (Å²) < 4.78 is 0. The maximum atomic E-state index is 12.0. The Kier molecular flexibility index (Phi) is 1.87. The van der Waals surface area contributed by atoms with Gasteiger partial charge in [-0.1, -0.05) is 12.1 Å². The van der Waals surface area contributed by atoms with Crippen LogP contribution in [-0.2, 0) is 0 Å². The number of rotatable bonds is 1. The van der Waals surface area contributed by atoms with Gasteiger partial charge in [-0.2, -0.15) is 0 Å². The highest BCUT2D eigenvalue weighted by Crippen LogP contribution is 2.37. The SMILES string of the molecule is CC(=O)c1ccc2c3c(cccc13)C(=O)N2C. The van der Waals surface area contributed by atoms with E-state index in [9.17, 15) is 9.59 Å². The summed E-state index contributed by atoms with van der Waals surface area (Å²) in [5.74, 6) is 0.0157. The molecule has 84 valence electrons. The van der Waals surface area contributed by atoms with Crippen LogP contribution >= 0.6 is 0 Å². The summed E-state index contributed by atoms with van der Waals surface area (Å²) in [5, 5.41) is 1.76. The van der Waals surface area contributed by atoms with E-state index < -0.39 is 0 Å². The Balaban J connectivity index is 2.50. The molecular weight excluding hydrogens is 214 g/mol. The zero-order valence-corrected chi connectivity index (χ0v) is 9.65. The van der Waals surface area contributed by atoms with Crippen LogP contribution in [0, 0.1) is 0 Å². The molecule has 1 heterocycles. The minimum atomic E-state index is -0.00805. The molecule has 0 aromatic heterocycles. The van der Waals surface area contributed by atoms with Crippen LogP contribution in [0.1, 0.15) is 27.6 Å². The molecule has 0 saturated heterocycles. The average Bonchev–Trinajstić information content (AvgIpc) is 2.57. The molecule has 0 radical (unpaired) electrons. The van der Waals surface area contributed by atoms with Crippen LogP contribution in [0.15, 0.2) is 30.3 Å². The van der Waals surface area contributed by atoms with E-state index in [1.807, 2.05) is 24.3 Å². The van der Waals surface area contributed by atoms with Gasteiger partial charge in [0.2, 0.25) is 0 Å². The van der Waals surface area contributed by atoms with Crippen molar-refractivity contribution in [2.75, 3.05) is 11.9 Å². The van der Waals surface area contributed by atoms with Gasteiger partial charge in [0.1, 0.15) is 0 Å². The van der Waals surface area contributed by atoms with Crippen LogP contribution < -0.4 is 4.90 Å². The molecule has 0 N–H and O–H groups in total. The smallest absolute Gasteiger partial charge is 0.258 e. The number of hydrogen-bond donors (Lipinski definition) is 0. The zero-order chi connectivity index (χ0) is 12.2. The van der Waals surface area contributed by atoms with Gasteiger partial charge in [-0.05, 0) is 30.5 Å². The number of benzene rings is 2. The third-order valence-electron chi connectivity index (χ3n) is 3.29. The van der Waals surface area contributed by atoms with Crippen LogP contribution in [0.2, 0.25) is 0 Å². The van der Waals surface area contributed by atoms with Crippen molar-refractivity contribution in [2.24, 2.45) is 0 Å². The Hall–Kier alpha value is -2.16. The van der Waals surface area contributed by atoms with Crippen LogP contribution in [0.3, 0.4) is 0 Å². The fraction of sp³-hybridized carbons (Fsp3) is 0.143. The number of hydrogen-bond acceptors (Lipinski definition) is 2. The van der Waals surface area contributed by atoms with E-state index in [1.165, 1.54) is 0 Å². The van der Waals surface area contributed by atoms with Crippen LogP contribution in [0.4, 0.5) is 5.69 Å². The minimum absolute atomic E-state index is 0.00805. The summed E-state index contributed by atoms with van der Waals surface area (Å²) in [5.41, 5.74) is 2.24. The average molecular weight is 225 g/mol. The first kappa shape index (κ1) is 10.0. The Bertz CT molecular complexity index is 673. The number of nitrogens with zero attached hydrogens (tertiary/aromatic N) is 1. The number of anilines is 1. The second-order valence-electron chi connectivity index (χ2n) is 4.28. The molecule has 1 amide bonds. The molecule has 0 unspecified atom stereocenters. The van der Waals surface area contributed by atoms with Crippen molar-refractivity contribution in [2.45, 2.75) is 6.92 Å². The molecule has 3 rings (SSSR count). The van der Waals surface area contributed by atoms with Crippen molar-refractivity contribution in [3.63, 3.8) is 0 Å². The second-order valence-corrected chi connectivity index (χ2v) is 4.28. The van der Waals surface area contributed by atoms with Crippen LogP contribution in [0.25, 0.3) is 10.8 Å². The lowest BCUT2D eigenvalue weighted by Gasteiger charge is -2.10. The summed E-state index contributed by atoms with van der Waals surface area (Å²) in [6.45, 7) is 1.55. The molecule has 1 aliphatic heterocycles. The third-order valence-corrected chi connectivity index (χ3v) is 3.29. The molecule has 0 aliphatic carbocycles. The number of carbonyl (C=O) groups excluding carboxylic acids is 2. The van der Waals surface area contributed by atoms with Gasteiger partial charge in [-0.15, -0.1) is 0 Å². The summed E-state index contributed by atoms with van der Waals surface area (Å²) >= 11 is 0. The number of carbonyl (C=O) groups is 2. The van der Waals surface area contributed by atoms with Crippen molar-refractivity contribution in [1.29, 1.82) is 0 Å². The van der Waals surface area contributed by atoms with Crippen molar-refractivity contribution in [1.82, 2.24) is 0 Å². The zero-order valence-electron chi connectivity index (χ0n) is 9.65. The fourth-order valence-corrected chi connectivity index (χ4v) is 2.44. The number of Topliss-reactive ketones (excluding diaryl/α,β-unsaturated/α-hetero) is 1. The normalized spacial score (nSPS) is 13.5. The largest absolute Gasteiger partial charge is 0.311 e. The van der Waals surface area contributed by atoms with Crippen molar-refractivity contribution >= 4 is 28.2 Å². The highest BCUT2D eigenvalue weighted by atomic mass is 16.2. The summed E-state index contributed by atoms with van der Waals surface area (Å²) in [7, 11) is 1.75. The topological polar surface area (TPSA) is 37.4 Å². The van der Waals surface area contributed by atoms with E-state index in [4.69, 9.17) is 0 Å². The van der Waals surface area contributed by atoms with Gasteiger partial charge in [0.25, 0.3) is 5.91 Å². The summed E-state index contributed by atoms with van der Waals surface area (Å²) in [6, 6.07) is 9.16. The molecule has 0 spiro atoms. The maximum absolute atomic E-state index is 12.0. The van der Waals surface area contributed by atoms with Crippen molar-refractivity contribution in [3.05, 3.63) is 41.5 Å². The van der Waals surface area contributed by atoms with Crippen molar-refractivity contribution in [3.8, 4) is 0 Å². The predicted molar refractivity (Wildman–Crippen MR) is 66.7 cm³/mol. The van der Waals surface area contributed by atoms with E-state index in [1.54, 1.807) is 24.9 Å². The van der Waals surface area contributed by atoms with E-state index in [-0.39, 0.29) is 11.7 Å². The monoisotopic (exact) mass is 225 g/mol. The molecule has 0 fully saturated rings. The van der Waals surface area contributed by atoms with E-state index in [0.29, 0.717) is 11.1 Å². The first-order valence-corrected chi connectivity index (χ1v) is 5.46. The lowest BCUT2D eigenvalue weighted by Crippen LogP contribution is -2.20. The number of amides is 1. The summed E-state index contributed by atoms with van der Waals surface area (Å²) in [6.07, 6.45) is 0. The van der Waals surface area contributed by atoms with Gasteiger partial charge in [0.05, 0.1) is 5.69 Å². The summed E-state index contributed by atoms with van der Waals surface area (Å²) in [4.78, 5) is 25.2. The molecule has 0 atom stereocenters. The Labute approximate surface area is 98.6 Å². The van der Waals surface area contributed by atoms with Gasteiger partial charge in [-0.25, -0.2) is 0 Å². The minimum Gasteiger partial charge on any atom is -0.311 e. The second kappa shape index (κ2) is 3.17. The van der Waals surface area contributed by atoms with Gasteiger partial charge in [0, 0.05) is 23.6 Å². The molecule has 0 saturated carbocycles. The number of ketones is 1. The van der Waals surface area contributed by atoms with Gasteiger partial charge < -0.3 is 4.90 Å². The van der Waals surface area contributed by atoms with Crippen LogP contribution in [-0.4, -0.2) is 18.7 Å². The van der Waals surface area contributed by atoms with E-state index in [2.05, 4.69) is 0 Å². The standard InChI is InChI=1S/C14H11NO2/c1-8(16)9-6-7-12-13-10(9)4-3-5-11(13)14(17)15(12)2/h3-7H,1-2H3. The van der Waals surface area contributed by atoms with Crippen LogP contribution in [0.5, 0.6) is 0 Å². The predicted octanol–water partition coefficient (Wildman–Crippen LogP) is 2.63. The van der Waals surface area contributed by atoms with E-state index in [0.717, 1.165) is 16.5 Å². The molecule has 2 aromatic carbocycles. The molecule has 3 nitrogen and oxygen atoms in total. The maximum Gasteiger partial charge on any atom is 0.258 e. The molecular formula is C14H11NO2. The molecule has 0 bridgehead atoms. The highest BCUT2D eigenvalue weighted by Gasteiger charge is 2.27. The highest BCUT2D eigenvalue weighted by molar-refractivity contribution is 6.27. The van der Waals surface area contributed by atoms with Gasteiger partial charge in [-0.3, -0.25) is 9.59 Å². The van der Waals surface area contributed by atoms with Gasteiger partial charge in [0.15, 0.2) is 5.78 Å². The van der Waals surface area contributed by atoms with Gasteiger partial charge >= 0.3 is 0 Å². The first-order chi connectivity index (χ1) is 8.11. The fourth-order valence-electron chi connectivity index (χ4n) is 2.44. The Morgan fingerprint density at radius 2 is 1.94 bits per heavy atom. The van der Waals surface area contributed by atoms with E-state index >= 15 is 0 Å². The Morgan fingerprint density at radius 3 is 2.65 bits per heavy atom. The van der Waals surface area contributed by atoms with Crippen molar-refractivity contribution < 1.29 is 9.59 Å². The quantitative estimate of drug-likeness (QED) is 0.699. The molecule has 17 heavy (non-hydrogen) atoms. The molecule has 1 aliphatic rings. The molecule has 3 heteroatoms. The Morgan fingerprint density at radius 1 is 1.18 bits per heavy atom. The third kappa shape index (κ3) is 1.16. The molecule has 2 aromatic rings. The lowest BCUT2D eigenvalue weighted by molar-refractivity contribution is 0.0995. The lowest BCUT2D eigenvalue weighted by atomic mass is 9.99. The first-order valence-electron chi connectivity index (χ1n) is 5.46.